The SMILES string of the molecule is COc1ccc(/C=C\[C@@H]2[C@@H]3C(=O)N(c4ccc(C)cc4)C(=O)[C@@H]3ON2c2ccccc2)cc1. The van der Waals surface area contributed by atoms with Gasteiger partial charge in [0.15, 0.2) is 6.10 Å². The molecule has 2 aliphatic heterocycles. The highest BCUT2D eigenvalue weighted by Crippen LogP contribution is 2.41. The molecule has 3 aromatic rings. The second kappa shape index (κ2) is 8.56. The van der Waals surface area contributed by atoms with Gasteiger partial charge in [0.25, 0.3) is 5.91 Å². The topological polar surface area (TPSA) is 59.1 Å². The third kappa shape index (κ3) is 3.79. The van der Waals surface area contributed by atoms with E-state index in [9.17, 15) is 9.59 Å². The highest BCUT2D eigenvalue weighted by Gasteiger charge is 2.59. The van der Waals surface area contributed by atoms with Gasteiger partial charge in [-0.05, 0) is 48.9 Å². The number of carbonyl (C=O) groups is 2. The van der Waals surface area contributed by atoms with Crippen molar-refractivity contribution in [3.05, 3.63) is 96.1 Å². The lowest BCUT2D eigenvalue weighted by atomic mass is 9.95. The lowest BCUT2D eigenvalue weighted by molar-refractivity contribution is -0.126. The molecule has 2 heterocycles. The number of nitrogens with zero attached hydrogens (tertiary/aromatic N) is 2. The van der Waals surface area contributed by atoms with Crippen molar-refractivity contribution in [2.75, 3.05) is 17.1 Å². The Morgan fingerprint density at radius 2 is 1.55 bits per heavy atom. The van der Waals surface area contributed by atoms with Crippen molar-refractivity contribution in [3.63, 3.8) is 0 Å². The van der Waals surface area contributed by atoms with Crippen molar-refractivity contribution in [2.24, 2.45) is 5.92 Å². The molecule has 0 radical (unpaired) electrons. The fraction of sp³-hybridized carbons (Fsp3) is 0.185. The van der Waals surface area contributed by atoms with E-state index in [0.717, 1.165) is 22.6 Å². The van der Waals surface area contributed by atoms with Crippen LogP contribution in [0.25, 0.3) is 6.08 Å². The average molecular weight is 440 g/mol. The van der Waals surface area contributed by atoms with Gasteiger partial charge in [0, 0.05) is 0 Å². The molecule has 0 aromatic heterocycles. The molecule has 0 aliphatic carbocycles. The number of rotatable bonds is 5. The Labute approximate surface area is 192 Å². The second-order valence-electron chi connectivity index (χ2n) is 8.18. The number of ether oxygens (including phenoxy) is 1. The normalized spacial score (nSPS) is 22.3. The molecular weight excluding hydrogens is 416 g/mol. The Kier molecular flexibility index (Phi) is 5.44. The van der Waals surface area contributed by atoms with Crippen LogP contribution in [-0.2, 0) is 14.4 Å². The number of para-hydroxylation sites is 1. The largest absolute Gasteiger partial charge is 0.497 e. The summed E-state index contributed by atoms with van der Waals surface area (Å²) in [5.74, 6) is -0.465. The summed E-state index contributed by atoms with van der Waals surface area (Å²) in [6.07, 6.45) is 3.01. The molecule has 0 bridgehead atoms. The van der Waals surface area contributed by atoms with Gasteiger partial charge < -0.3 is 4.74 Å². The van der Waals surface area contributed by atoms with E-state index in [4.69, 9.17) is 9.57 Å². The molecule has 6 heteroatoms. The molecule has 2 saturated heterocycles. The predicted octanol–water partition coefficient (Wildman–Crippen LogP) is 4.40. The number of amides is 2. The summed E-state index contributed by atoms with van der Waals surface area (Å²) < 4.78 is 5.23. The van der Waals surface area contributed by atoms with Crippen molar-refractivity contribution in [3.8, 4) is 5.75 Å². The van der Waals surface area contributed by atoms with E-state index in [2.05, 4.69) is 0 Å². The zero-order valence-corrected chi connectivity index (χ0v) is 18.4. The van der Waals surface area contributed by atoms with Crippen molar-refractivity contribution in [2.45, 2.75) is 19.1 Å². The summed E-state index contributed by atoms with van der Waals surface area (Å²) in [5.41, 5.74) is 3.38. The van der Waals surface area contributed by atoms with Crippen LogP contribution in [-0.4, -0.2) is 31.1 Å². The predicted molar refractivity (Wildman–Crippen MR) is 127 cm³/mol. The van der Waals surface area contributed by atoms with Crippen molar-refractivity contribution < 1.29 is 19.2 Å². The monoisotopic (exact) mass is 440 g/mol. The number of hydrogen-bond acceptors (Lipinski definition) is 5. The molecule has 3 atom stereocenters. The second-order valence-corrected chi connectivity index (χ2v) is 8.18. The van der Waals surface area contributed by atoms with E-state index >= 15 is 0 Å². The van der Waals surface area contributed by atoms with Gasteiger partial charge in [0.1, 0.15) is 11.7 Å². The highest BCUT2D eigenvalue weighted by molar-refractivity contribution is 6.24. The molecule has 3 aromatic carbocycles. The number of imide groups is 1. The van der Waals surface area contributed by atoms with Crippen molar-refractivity contribution in [1.82, 2.24) is 0 Å². The first kappa shape index (κ1) is 21.0. The van der Waals surface area contributed by atoms with Crippen LogP contribution in [0.15, 0.2) is 84.9 Å². The minimum Gasteiger partial charge on any atom is -0.497 e. The molecule has 166 valence electrons. The zero-order valence-electron chi connectivity index (χ0n) is 18.4. The zero-order chi connectivity index (χ0) is 22.9. The fourth-order valence-electron chi connectivity index (χ4n) is 4.32. The lowest BCUT2D eigenvalue weighted by Gasteiger charge is -2.26. The lowest BCUT2D eigenvalue weighted by Crippen LogP contribution is -2.39. The molecular formula is C27H24N2O4. The number of methoxy groups -OCH3 is 1. The van der Waals surface area contributed by atoms with Crippen molar-refractivity contribution in [1.29, 1.82) is 0 Å². The van der Waals surface area contributed by atoms with Crippen LogP contribution in [0.2, 0.25) is 0 Å². The Balaban J connectivity index is 1.49. The highest BCUT2D eigenvalue weighted by atomic mass is 16.7. The Hall–Kier alpha value is -3.90. The first-order valence-corrected chi connectivity index (χ1v) is 10.8. The quantitative estimate of drug-likeness (QED) is 0.551. The molecule has 2 aliphatic rings. The smallest absolute Gasteiger partial charge is 0.266 e. The maximum absolute atomic E-state index is 13.5. The molecule has 33 heavy (non-hydrogen) atoms. The molecule has 0 spiro atoms. The van der Waals surface area contributed by atoms with Gasteiger partial charge in [-0.1, -0.05) is 60.2 Å². The number of carbonyl (C=O) groups excluding carboxylic acids is 2. The summed E-state index contributed by atoms with van der Waals surface area (Å²) in [7, 11) is 1.63. The molecule has 2 amide bonds. The van der Waals surface area contributed by atoms with Gasteiger partial charge >= 0.3 is 0 Å². The summed E-state index contributed by atoms with van der Waals surface area (Å²) in [5, 5.41) is 1.68. The number of aryl methyl sites for hydroxylation is 1. The standard InChI is InChI=1S/C27H24N2O4/c1-18-8-13-20(14-9-18)28-26(30)24-23(17-12-19-10-15-22(32-2)16-11-19)29(33-25(24)27(28)31)21-6-4-3-5-7-21/h3-17,23-25H,1-2H3/b17-12-/t23-,24+,25-/m1/s1. The number of hydrogen-bond donors (Lipinski definition) is 0. The Morgan fingerprint density at radius 1 is 0.848 bits per heavy atom. The summed E-state index contributed by atoms with van der Waals surface area (Å²) in [4.78, 5) is 34.2. The van der Waals surface area contributed by atoms with Gasteiger partial charge in [-0.3, -0.25) is 14.4 Å². The Morgan fingerprint density at radius 3 is 2.21 bits per heavy atom. The molecule has 2 fully saturated rings. The van der Waals surface area contributed by atoms with E-state index in [1.54, 1.807) is 24.3 Å². The van der Waals surface area contributed by atoms with Gasteiger partial charge in [-0.15, -0.1) is 0 Å². The van der Waals surface area contributed by atoms with Gasteiger partial charge in [-0.25, -0.2) is 9.96 Å². The van der Waals surface area contributed by atoms with Gasteiger partial charge in [-0.2, -0.15) is 0 Å². The average Bonchev–Trinajstić information content (AvgIpc) is 3.35. The third-order valence-electron chi connectivity index (χ3n) is 6.07. The van der Waals surface area contributed by atoms with Gasteiger partial charge in [0.2, 0.25) is 5.91 Å². The molecule has 0 saturated carbocycles. The minimum absolute atomic E-state index is 0.253. The first-order valence-electron chi connectivity index (χ1n) is 10.8. The van der Waals surface area contributed by atoms with E-state index in [-0.39, 0.29) is 11.8 Å². The van der Waals surface area contributed by atoms with Crippen LogP contribution < -0.4 is 14.7 Å². The summed E-state index contributed by atoms with van der Waals surface area (Å²) >= 11 is 0. The van der Waals surface area contributed by atoms with E-state index in [0.29, 0.717) is 5.69 Å². The maximum atomic E-state index is 13.5. The Bertz CT molecular complexity index is 1190. The number of anilines is 2. The van der Waals surface area contributed by atoms with Crippen molar-refractivity contribution >= 4 is 29.3 Å². The molecule has 5 rings (SSSR count). The van der Waals surface area contributed by atoms with Crippen LogP contribution in [0.5, 0.6) is 5.75 Å². The first-order chi connectivity index (χ1) is 16.1. The van der Waals surface area contributed by atoms with Crippen LogP contribution >= 0.6 is 0 Å². The van der Waals surface area contributed by atoms with E-state index in [1.807, 2.05) is 85.8 Å². The van der Waals surface area contributed by atoms with Crippen LogP contribution in [0.3, 0.4) is 0 Å². The van der Waals surface area contributed by atoms with Crippen LogP contribution in [0, 0.1) is 12.8 Å². The number of hydroxylamine groups is 1. The molecule has 6 nitrogen and oxygen atoms in total. The molecule has 0 N–H and O–H groups in total. The van der Waals surface area contributed by atoms with Crippen LogP contribution in [0.1, 0.15) is 11.1 Å². The summed E-state index contributed by atoms with van der Waals surface area (Å²) in [6.45, 7) is 1.97. The number of benzene rings is 3. The molecule has 0 unspecified atom stereocenters. The fourth-order valence-corrected chi connectivity index (χ4v) is 4.32. The maximum Gasteiger partial charge on any atom is 0.266 e. The van der Waals surface area contributed by atoms with E-state index < -0.39 is 18.1 Å². The van der Waals surface area contributed by atoms with Crippen LogP contribution in [0.4, 0.5) is 11.4 Å². The third-order valence-corrected chi connectivity index (χ3v) is 6.07. The summed E-state index contributed by atoms with van der Waals surface area (Å²) in [6, 6.07) is 24.1. The van der Waals surface area contributed by atoms with E-state index in [1.165, 1.54) is 4.90 Å². The minimum atomic E-state index is -0.871. The van der Waals surface area contributed by atoms with Gasteiger partial charge in [0.05, 0.1) is 24.5 Å². The number of fused-ring (bicyclic) bond motifs is 1.